The zero-order valence-electron chi connectivity index (χ0n) is 20.7. The van der Waals surface area contributed by atoms with Crippen molar-refractivity contribution >= 4 is 27.5 Å². The average molecular weight is 511 g/mol. The molecule has 192 valence electrons. The molecule has 3 aromatic carbocycles. The number of nitrogens with zero attached hydrogens (tertiary/aromatic N) is 5. The van der Waals surface area contributed by atoms with Crippen molar-refractivity contribution in [2.45, 2.75) is 31.5 Å². The summed E-state index contributed by atoms with van der Waals surface area (Å²) in [7, 11) is 0. The number of fused-ring (bicyclic) bond motifs is 4. The Hall–Kier alpha value is -4.24. The maximum absolute atomic E-state index is 16.4. The zero-order valence-corrected chi connectivity index (χ0v) is 20.7. The van der Waals surface area contributed by atoms with Crippen molar-refractivity contribution in [1.29, 1.82) is 0 Å². The molecule has 2 aliphatic rings. The molecule has 8 nitrogen and oxygen atoms in total. The predicted molar refractivity (Wildman–Crippen MR) is 144 cm³/mol. The van der Waals surface area contributed by atoms with Gasteiger partial charge in [0, 0.05) is 48.5 Å². The van der Waals surface area contributed by atoms with E-state index < -0.39 is 5.82 Å². The van der Waals surface area contributed by atoms with Crippen molar-refractivity contribution in [2.24, 2.45) is 0 Å². The molecule has 7 rings (SSSR count). The summed E-state index contributed by atoms with van der Waals surface area (Å²) in [6, 6.07) is 15.5. The molecule has 5 aromatic rings. The quantitative estimate of drug-likeness (QED) is 0.348. The molecule has 2 N–H and O–H groups in total. The number of anilines is 1. The fourth-order valence-electron chi connectivity index (χ4n) is 5.79. The van der Waals surface area contributed by atoms with E-state index >= 15 is 4.39 Å². The van der Waals surface area contributed by atoms with Gasteiger partial charge >= 0.3 is 6.01 Å². The van der Waals surface area contributed by atoms with Crippen LogP contribution in [-0.4, -0.2) is 56.4 Å². The number of aromatic nitrogens is 4. The lowest BCUT2D eigenvalue weighted by molar-refractivity contribution is 0.276. The van der Waals surface area contributed by atoms with Crippen LogP contribution in [0.15, 0.2) is 67.3 Å². The maximum Gasteiger partial charge on any atom is 0.319 e. The second-order valence-corrected chi connectivity index (χ2v) is 10.1. The van der Waals surface area contributed by atoms with E-state index in [0.717, 1.165) is 36.7 Å². The highest BCUT2D eigenvalue weighted by atomic mass is 19.1. The third-order valence-electron chi connectivity index (χ3n) is 7.56. The van der Waals surface area contributed by atoms with E-state index in [1.807, 2.05) is 41.1 Å². The van der Waals surface area contributed by atoms with E-state index in [1.165, 1.54) is 0 Å². The highest BCUT2D eigenvalue weighted by molar-refractivity contribution is 6.01. The first-order valence-corrected chi connectivity index (χ1v) is 12.9. The number of hydrogen-bond donors (Lipinski definition) is 2. The van der Waals surface area contributed by atoms with Crippen molar-refractivity contribution in [1.82, 2.24) is 24.8 Å². The Balaban J connectivity index is 1.34. The number of nitrogens with one attached hydrogen (secondary N) is 1. The van der Waals surface area contributed by atoms with Crippen LogP contribution in [0.3, 0.4) is 0 Å². The first-order valence-electron chi connectivity index (χ1n) is 12.9. The highest BCUT2D eigenvalue weighted by Crippen LogP contribution is 2.38. The van der Waals surface area contributed by atoms with E-state index in [-0.39, 0.29) is 17.3 Å². The molecule has 9 heteroatoms. The third-order valence-corrected chi connectivity index (χ3v) is 7.56. The third kappa shape index (κ3) is 4.09. The Bertz CT molecular complexity index is 1630. The zero-order chi connectivity index (χ0) is 25.6. The average Bonchev–Trinajstić information content (AvgIpc) is 3.57. The lowest BCUT2D eigenvalue weighted by atomic mass is 9.96. The number of rotatable bonds is 6. The summed E-state index contributed by atoms with van der Waals surface area (Å²) in [5.41, 5.74) is 1.20. The van der Waals surface area contributed by atoms with Gasteiger partial charge in [-0.25, -0.2) is 9.37 Å². The Morgan fingerprint density at radius 1 is 1.00 bits per heavy atom. The van der Waals surface area contributed by atoms with Crippen molar-refractivity contribution in [3.63, 3.8) is 0 Å². The van der Waals surface area contributed by atoms with Crippen LogP contribution in [0.4, 0.5) is 10.2 Å². The number of hydrogen-bond acceptors (Lipinski definition) is 7. The van der Waals surface area contributed by atoms with Crippen molar-refractivity contribution in [3.05, 3.63) is 73.1 Å². The fraction of sp³-hybridized carbons (Fsp3) is 0.276. The molecule has 0 amide bonds. The number of halogens is 1. The predicted octanol–water partition coefficient (Wildman–Crippen LogP) is 4.51. The van der Waals surface area contributed by atoms with Gasteiger partial charge in [-0.2, -0.15) is 9.97 Å². The molecule has 2 bridgehead atoms. The van der Waals surface area contributed by atoms with Crippen molar-refractivity contribution < 1.29 is 14.2 Å². The molecule has 2 atom stereocenters. The summed E-state index contributed by atoms with van der Waals surface area (Å²) >= 11 is 0. The van der Waals surface area contributed by atoms with Crippen LogP contribution >= 0.6 is 0 Å². The molecule has 0 aliphatic carbocycles. The van der Waals surface area contributed by atoms with Gasteiger partial charge in [-0.1, -0.05) is 30.3 Å². The summed E-state index contributed by atoms with van der Waals surface area (Å²) in [5.74, 6) is 0.318. The van der Waals surface area contributed by atoms with E-state index in [2.05, 4.69) is 20.2 Å². The second-order valence-electron chi connectivity index (χ2n) is 10.1. The van der Waals surface area contributed by atoms with E-state index in [0.29, 0.717) is 47.6 Å². The Morgan fingerprint density at radius 2 is 1.84 bits per heavy atom. The van der Waals surface area contributed by atoms with Crippen molar-refractivity contribution in [2.75, 3.05) is 24.6 Å². The van der Waals surface area contributed by atoms with Crippen LogP contribution in [0.2, 0.25) is 0 Å². The summed E-state index contributed by atoms with van der Waals surface area (Å²) in [4.78, 5) is 15.6. The molecular formula is C29H27FN6O2. The van der Waals surface area contributed by atoms with Gasteiger partial charge < -0.3 is 24.6 Å². The monoisotopic (exact) mass is 510 g/mol. The number of benzene rings is 3. The number of piperazine rings is 1. The van der Waals surface area contributed by atoms with Crippen LogP contribution in [-0.2, 0) is 6.54 Å². The molecule has 2 aliphatic heterocycles. The van der Waals surface area contributed by atoms with Gasteiger partial charge in [-0.15, -0.1) is 0 Å². The van der Waals surface area contributed by atoms with Crippen molar-refractivity contribution in [3.8, 4) is 22.9 Å². The Kier molecular flexibility index (Phi) is 5.58. The maximum atomic E-state index is 16.4. The molecule has 2 aromatic heterocycles. The minimum Gasteiger partial charge on any atom is -0.508 e. The molecule has 38 heavy (non-hydrogen) atoms. The molecule has 0 unspecified atom stereocenters. The molecule has 0 saturated carbocycles. The highest BCUT2D eigenvalue weighted by Gasteiger charge is 2.34. The minimum absolute atomic E-state index is 0.0846. The molecule has 0 radical (unpaired) electrons. The van der Waals surface area contributed by atoms with Crippen LogP contribution in [0.25, 0.3) is 32.8 Å². The largest absolute Gasteiger partial charge is 0.508 e. The standard InChI is InChI=1S/C29H27FN6O2/c30-26-23(25-14-21(37)13-18-3-1-2-4-22(18)25)7-8-24-27(26)33-29(38-12-11-35-10-9-31-17-35)34-28(24)36-15-19-5-6-20(16-36)32-19/h1-4,7-10,13-14,17,19-20,32,37H,5-6,11-12,15-16H2/t19-,20+. The smallest absolute Gasteiger partial charge is 0.319 e. The van der Waals surface area contributed by atoms with E-state index in [4.69, 9.17) is 9.72 Å². The van der Waals surface area contributed by atoms with Crippen LogP contribution in [0, 0.1) is 5.82 Å². The van der Waals surface area contributed by atoms with Crippen LogP contribution in [0.5, 0.6) is 11.8 Å². The summed E-state index contributed by atoms with van der Waals surface area (Å²) in [6.07, 6.45) is 7.55. The summed E-state index contributed by atoms with van der Waals surface area (Å²) in [5, 5.41) is 16.4. The first kappa shape index (κ1) is 22.9. The number of ether oxygens (including phenoxy) is 1. The lowest BCUT2D eigenvalue weighted by Gasteiger charge is -2.34. The van der Waals surface area contributed by atoms with Crippen LogP contribution in [0.1, 0.15) is 12.8 Å². The number of aromatic hydroxyl groups is 1. The molecule has 2 saturated heterocycles. The summed E-state index contributed by atoms with van der Waals surface area (Å²) in [6.45, 7) is 2.51. The topological polar surface area (TPSA) is 88.3 Å². The number of phenols is 1. The first-order chi connectivity index (χ1) is 18.6. The van der Waals surface area contributed by atoms with E-state index in [9.17, 15) is 5.11 Å². The second kappa shape index (κ2) is 9.25. The molecule has 4 heterocycles. The van der Waals surface area contributed by atoms with Gasteiger partial charge in [-0.3, -0.25) is 0 Å². The molecule has 2 fully saturated rings. The summed E-state index contributed by atoms with van der Waals surface area (Å²) < 4.78 is 24.2. The molecular weight excluding hydrogens is 483 g/mol. The number of imidazole rings is 1. The fourth-order valence-corrected chi connectivity index (χ4v) is 5.79. The Morgan fingerprint density at radius 3 is 2.66 bits per heavy atom. The normalized spacial score (nSPS) is 18.9. The van der Waals surface area contributed by atoms with Gasteiger partial charge in [0.15, 0.2) is 5.82 Å². The van der Waals surface area contributed by atoms with Gasteiger partial charge in [0.25, 0.3) is 0 Å². The lowest BCUT2D eigenvalue weighted by Crippen LogP contribution is -2.51. The van der Waals surface area contributed by atoms with Gasteiger partial charge in [0.2, 0.25) is 0 Å². The molecule has 0 spiro atoms. The van der Waals surface area contributed by atoms with Gasteiger partial charge in [-0.05, 0) is 47.4 Å². The minimum atomic E-state index is -0.459. The van der Waals surface area contributed by atoms with E-state index in [1.54, 1.807) is 30.7 Å². The number of phenolic OH excluding ortho intramolecular Hbond substituents is 1. The van der Waals surface area contributed by atoms with Gasteiger partial charge in [0.05, 0.1) is 12.9 Å². The Labute approximate surface area is 218 Å². The van der Waals surface area contributed by atoms with Gasteiger partial charge in [0.1, 0.15) is 23.7 Å². The SMILES string of the molecule is Oc1cc(-c2ccc3c(N4C[C@H]5CC[C@@H](C4)N5)nc(OCCn4ccnc4)nc3c2F)c2ccccc2c1. The van der Waals surface area contributed by atoms with Crippen LogP contribution < -0.4 is 15.0 Å².